The fraction of sp³-hybridized carbons (Fsp3) is 0.321. The van der Waals surface area contributed by atoms with E-state index in [1.54, 1.807) is 54.6 Å². The highest BCUT2D eigenvalue weighted by Crippen LogP contribution is 2.44. The average molecular weight is 897 g/mol. The summed E-state index contributed by atoms with van der Waals surface area (Å²) in [7, 11) is 4.44. The maximum absolute atomic E-state index is 14.1. The van der Waals surface area contributed by atoms with Gasteiger partial charge in [-0.2, -0.15) is 0 Å². The molecule has 2 saturated heterocycles. The minimum absolute atomic E-state index is 0.170. The molecule has 2 amide bonds. The third kappa shape index (κ3) is 11.6. The molecule has 4 aromatic carbocycles. The van der Waals surface area contributed by atoms with Crippen LogP contribution in [0.4, 0.5) is 8.78 Å². The van der Waals surface area contributed by atoms with Crippen LogP contribution in [0.2, 0.25) is 0 Å². The van der Waals surface area contributed by atoms with Crippen LogP contribution in [-0.4, -0.2) is 110 Å². The molecule has 0 aliphatic carbocycles. The van der Waals surface area contributed by atoms with Crippen LogP contribution in [0.3, 0.4) is 0 Å². The van der Waals surface area contributed by atoms with Gasteiger partial charge in [0.15, 0.2) is 0 Å². The van der Waals surface area contributed by atoms with E-state index in [0.717, 1.165) is 48.2 Å². The zero-order valence-electron chi connectivity index (χ0n) is 38.2. The fourth-order valence-corrected chi connectivity index (χ4v) is 8.72. The first-order valence-electron chi connectivity index (χ1n) is 22.8. The molecule has 4 heterocycles. The summed E-state index contributed by atoms with van der Waals surface area (Å²) in [5.41, 5.74) is 5.97. The molecule has 66 heavy (non-hydrogen) atoms. The van der Waals surface area contributed by atoms with Crippen LogP contribution in [0.25, 0.3) is 33.6 Å². The molecule has 0 spiro atoms. The third-order valence-corrected chi connectivity index (χ3v) is 12.7. The van der Waals surface area contributed by atoms with Crippen molar-refractivity contribution in [2.24, 2.45) is 0 Å². The first-order valence-corrected chi connectivity index (χ1v) is 22.8. The van der Waals surface area contributed by atoms with Crippen LogP contribution in [-0.2, 0) is 4.74 Å². The molecule has 6 aromatic rings. The number of quaternary nitrogens is 2. The number of amides is 2. The number of aryl methyl sites for hydroxylation is 2. The van der Waals surface area contributed by atoms with Crippen molar-refractivity contribution in [3.05, 3.63) is 143 Å². The lowest BCUT2D eigenvalue weighted by Crippen LogP contribution is -2.54. The van der Waals surface area contributed by atoms with Gasteiger partial charge in [0.1, 0.15) is 47.7 Å². The number of halogens is 2. The first-order chi connectivity index (χ1) is 31.8. The fourth-order valence-electron chi connectivity index (χ4n) is 8.72. The van der Waals surface area contributed by atoms with Crippen molar-refractivity contribution < 1.29 is 41.5 Å². The molecule has 11 nitrogen and oxygen atoms in total. The topological polar surface area (TPSA) is 112 Å². The number of nitrogens with one attached hydrogen (secondary N) is 2. The number of aromatic nitrogens is 2. The Kier molecular flexibility index (Phi) is 14.2. The van der Waals surface area contributed by atoms with Crippen molar-refractivity contribution in [3.63, 3.8) is 0 Å². The molecule has 2 N–H and O–H groups in total. The molecular weight excluding hydrogens is 839 g/mol. The standard InChI is InChI=1S/C53H56F2N6O5/c1-36-30-40(52(62)56-20-24-60(3)22-6-5-7-23-60)34-48(58-36)38-8-18-50(65-44-14-10-42(54)11-15-44)46(32-38)47-33-39(9-19-51(47)66-45-16-12-43(55)13-17-45)49-35-41(31-37(2)59-49)53(63)57-21-25-61(4)26-28-64-29-27-61/h8-19,30-35H,5-7,20-29H2,1-4H3/p+2. The number of hydrogen-bond donors (Lipinski definition) is 2. The highest BCUT2D eigenvalue weighted by atomic mass is 19.1. The van der Waals surface area contributed by atoms with Gasteiger partial charge in [-0.05, 0) is 142 Å². The number of nitrogens with zero attached hydrogens (tertiary/aromatic N) is 4. The smallest absolute Gasteiger partial charge is 0.251 e. The lowest BCUT2D eigenvalue weighted by molar-refractivity contribution is -0.915. The predicted molar refractivity (Wildman–Crippen MR) is 252 cm³/mol. The van der Waals surface area contributed by atoms with E-state index in [4.69, 9.17) is 24.2 Å². The normalized spacial score (nSPS) is 15.4. The van der Waals surface area contributed by atoms with Crippen LogP contribution in [0.15, 0.2) is 109 Å². The number of carbonyl (C=O) groups excluding carboxylic acids is 2. The molecule has 0 radical (unpaired) electrons. The number of likely N-dealkylation sites (N-methyl/N-ethyl adjacent to an activating group) is 2. The summed E-state index contributed by atoms with van der Waals surface area (Å²) >= 11 is 0. The van der Waals surface area contributed by atoms with E-state index >= 15 is 0 Å². The maximum atomic E-state index is 14.1. The highest BCUT2D eigenvalue weighted by molar-refractivity contribution is 5.96. The zero-order chi connectivity index (χ0) is 46.3. The van der Waals surface area contributed by atoms with Gasteiger partial charge < -0.3 is 33.8 Å². The van der Waals surface area contributed by atoms with Crippen molar-refractivity contribution in [2.45, 2.75) is 33.1 Å². The van der Waals surface area contributed by atoms with Crippen LogP contribution in [0.1, 0.15) is 51.4 Å². The van der Waals surface area contributed by atoms with Crippen molar-refractivity contribution in [1.29, 1.82) is 0 Å². The molecule has 2 aromatic heterocycles. The summed E-state index contributed by atoms with van der Waals surface area (Å²) in [5.74, 6) is 0.457. The first kappa shape index (κ1) is 46.0. The quantitative estimate of drug-likeness (QED) is 0.0989. The Morgan fingerprint density at radius 3 is 1.44 bits per heavy atom. The molecule has 0 bridgehead atoms. The highest BCUT2D eigenvalue weighted by Gasteiger charge is 2.26. The Bertz CT molecular complexity index is 2500. The number of hydrogen-bond acceptors (Lipinski definition) is 7. The SMILES string of the molecule is Cc1cc(C(=O)NCC[N+]2(C)CCCCC2)cc(-c2ccc(Oc3ccc(F)cc3)c(-c3cc(-c4cc(C(=O)NCC[N+]5(C)CCOCC5)cc(C)n4)ccc3Oc3ccc(F)cc3)c2)n1. The summed E-state index contributed by atoms with van der Waals surface area (Å²) in [6.07, 6.45) is 3.67. The Morgan fingerprint density at radius 2 is 1.00 bits per heavy atom. The second-order valence-corrected chi connectivity index (χ2v) is 18.1. The molecule has 2 aliphatic rings. The van der Waals surface area contributed by atoms with Gasteiger partial charge in [0.25, 0.3) is 11.8 Å². The number of carbonyl (C=O) groups is 2. The minimum Gasteiger partial charge on any atom is -0.457 e. The Morgan fingerprint density at radius 1 is 0.576 bits per heavy atom. The maximum Gasteiger partial charge on any atom is 0.251 e. The second kappa shape index (κ2) is 20.3. The molecule has 2 aliphatic heterocycles. The van der Waals surface area contributed by atoms with Gasteiger partial charge in [-0.3, -0.25) is 19.6 Å². The molecule has 0 unspecified atom stereocenters. The number of piperidine rings is 1. The number of ether oxygens (including phenoxy) is 3. The van der Waals surface area contributed by atoms with Gasteiger partial charge in [0.2, 0.25) is 0 Å². The Hall–Kier alpha value is -6.54. The third-order valence-electron chi connectivity index (χ3n) is 12.7. The van der Waals surface area contributed by atoms with Crippen LogP contribution in [0.5, 0.6) is 23.0 Å². The minimum atomic E-state index is -0.404. The summed E-state index contributed by atoms with van der Waals surface area (Å²) in [6.45, 7) is 11.9. The summed E-state index contributed by atoms with van der Waals surface area (Å²) < 4.78 is 48.5. The average Bonchev–Trinajstić information content (AvgIpc) is 3.30. The van der Waals surface area contributed by atoms with E-state index in [9.17, 15) is 18.4 Å². The van der Waals surface area contributed by atoms with Gasteiger partial charge in [-0.1, -0.05) is 0 Å². The summed E-state index contributed by atoms with van der Waals surface area (Å²) in [4.78, 5) is 37.0. The van der Waals surface area contributed by atoms with Gasteiger partial charge in [0.05, 0.1) is 78.0 Å². The molecule has 8 rings (SSSR count). The number of rotatable bonds is 15. The van der Waals surface area contributed by atoms with E-state index in [2.05, 4.69) is 24.7 Å². The van der Waals surface area contributed by atoms with Gasteiger partial charge >= 0.3 is 0 Å². The zero-order valence-corrected chi connectivity index (χ0v) is 38.2. The lowest BCUT2D eigenvalue weighted by Gasteiger charge is -2.37. The molecule has 342 valence electrons. The second-order valence-electron chi connectivity index (χ2n) is 18.1. The largest absolute Gasteiger partial charge is 0.457 e. The van der Waals surface area contributed by atoms with Crippen molar-refractivity contribution in [1.82, 2.24) is 20.6 Å². The van der Waals surface area contributed by atoms with Gasteiger partial charge in [-0.15, -0.1) is 0 Å². The lowest BCUT2D eigenvalue weighted by atomic mass is 9.96. The molecule has 0 atom stereocenters. The number of likely N-dealkylation sites (tertiary alicyclic amines) is 1. The Labute approximate surface area is 385 Å². The Balaban J connectivity index is 1.17. The van der Waals surface area contributed by atoms with Crippen LogP contribution in [0, 0.1) is 25.5 Å². The van der Waals surface area contributed by atoms with E-state index in [-0.39, 0.29) is 11.8 Å². The predicted octanol–water partition coefficient (Wildman–Crippen LogP) is 9.52. The van der Waals surface area contributed by atoms with E-state index in [1.807, 2.05) is 44.2 Å². The van der Waals surface area contributed by atoms with Crippen LogP contribution >= 0.6 is 0 Å². The molecular formula is C53H58F2N6O5+2. The van der Waals surface area contributed by atoms with E-state index in [1.165, 1.54) is 43.5 Å². The van der Waals surface area contributed by atoms with Crippen molar-refractivity contribution >= 4 is 11.8 Å². The number of benzene rings is 4. The van der Waals surface area contributed by atoms with E-state index < -0.39 is 11.6 Å². The number of pyridine rings is 2. The molecule has 13 heteroatoms. The van der Waals surface area contributed by atoms with Gasteiger partial charge in [0, 0.05) is 44.8 Å². The molecule has 2 fully saturated rings. The monoisotopic (exact) mass is 896 g/mol. The summed E-state index contributed by atoms with van der Waals surface area (Å²) in [5, 5.41) is 6.25. The van der Waals surface area contributed by atoms with Gasteiger partial charge in [-0.25, -0.2) is 8.78 Å². The van der Waals surface area contributed by atoms with E-state index in [0.29, 0.717) is 105 Å². The van der Waals surface area contributed by atoms with Crippen LogP contribution < -0.4 is 20.1 Å². The van der Waals surface area contributed by atoms with Crippen molar-refractivity contribution in [3.8, 4) is 56.6 Å². The molecule has 0 saturated carbocycles. The van der Waals surface area contributed by atoms with Crippen molar-refractivity contribution in [2.75, 3.05) is 79.7 Å². The number of morpholine rings is 1. The summed E-state index contributed by atoms with van der Waals surface area (Å²) in [6, 6.07) is 29.8.